The number of allylic oxidation sites excluding steroid dienone is 1. The lowest BCUT2D eigenvalue weighted by atomic mass is 9.96. The maximum Gasteiger partial charge on any atom is 0.338 e. The topological polar surface area (TPSA) is 79.1 Å². The zero-order chi connectivity index (χ0) is 29.1. The number of carbonyl (C=O) groups excluding carboxylic acids is 1. The van der Waals surface area contributed by atoms with E-state index in [1.807, 2.05) is 54.6 Å². The number of aromatic nitrogens is 1. The van der Waals surface area contributed by atoms with Crippen LogP contribution in [-0.4, -0.2) is 24.3 Å². The lowest BCUT2D eigenvalue weighted by Crippen LogP contribution is -2.39. The van der Waals surface area contributed by atoms with Gasteiger partial charge in [-0.3, -0.25) is 9.36 Å². The Labute approximate surface area is 259 Å². The molecule has 0 saturated carbocycles. The highest BCUT2D eigenvalue weighted by Gasteiger charge is 2.33. The van der Waals surface area contributed by atoms with Crippen molar-refractivity contribution < 1.29 is 19.0 Å². The molecule has 1 aromatic heterocycles. The van der Waals surface area contributed by atoms with E-state index in [1.54, 1.807) is 43.7 Å². The van der Waals surface area contributed by atoms with Crippen molar-refractivity contribution in [3.05, 3.63) is 123 Å². The van der Waals surface area contributed by atoms with Crippen molar-refractivity contribution in [3.63, 3.8) is 0 Å². The first-order valence-corrected chi connectivity index (χ1v) is 15.1. The molecule has 3 aromatic carbocycles. The largest absolute Gasteiger partial charge is 0.493 e. The number of carbonyl (C=O) groups is 1. The molecular weight excluding hydrogens is 675 g/mol. The van der Waals surface area contributed by atoms with Gasteiger partial charge in [-0.15, -0.1) is 0 Å². The van der Waals surface area contributed by atoms with Gasteiger partial charge in [0.15, 0.2) is 16.3 Å². The molecule has 4 aromatic rings. The van der Waals surface area contributed by atoms with Crippen LogP contribution >= 0.6 is 45.5 Å². The van der Waals surface area contributed by atoms with Crippen LogP contribution < -0.4 is 24.4 Å². The van der Waals surface area contributed by atoms with Crippen molar-refractivity contribution >= 4 is 57.6 Å². The SMILES string of the molecule is CCOC(=O)C1=C(C)N=c2s/c(=C\c3cc(I)c(OCc4ccccc4)c(OC)c3)c(=O)n2[C@H]1c1ccc(Cl)cc1. The fourth-order valence-electron chi connectivity index (χ4n) is 4.60. The van der Waals surface area contributed by atoms with Gasteiger partial charge in [0.2, 0.25) is 0 Å². The van der Waals surface area contributed by atoms with Crippen molar-refractivity contribution in [3.8, 4) is 11.5 Å². The summed E-state index contributed by atoms with van der Waals surface area (Å²) in [5, 5.41) is 0.555. The van der Waals surface area contributed by atoms with Gasteiger partial charge in [-0.25, -0.2) is 9.79 Å². The van der Waals surface area contributed by atoms with Crippen molar-refractivity contribution in [2.75, 3.05) is 13.7 Å². The second kappa shape index (κ2) is 12.6. The maximum absolute atomic E-state index is 13.9. The van der Waals surface area contributed by atoms with Gasteiger partial charge in [0.05, 0.1) is 39.1 Å². The average Bonchev–Trinajstić information content (AvgIpc) is 3.26. The molecule has 0 fully saturated rings. The van der Waals surface area contributed by atoms with E-state index in [2.05, 4.69) is 27.6 Å². The van der Waals surface area contributed by atoms with Crippen LogP contribution in [0.2, 0.25) is 5.02 Å². The molecule has 7 nitrogen and oxygen atoms in total. The molecule has 5 rings (SSSR count). The van der Waals surface area contributed by atoms with E-state index >= 15 is 0 Å². The highest BCUT2D eigenvalue weighted by Crippen LogP contribution is 2.35. The number of rotatable bonds is 8. The van der Waals surface area contributed by atoms with Crippen LogP contribution in [0.15, 0.2) is 87.8 Å². The van der Waals surface area contributed by atoms with Gasteiger partial charge >= 0.3 is 5.97 Å². The summed E-state index contributed by atoms with van der Waals surface area (Å²) in [4.78, 5) is 32.1. The maximum atomic E-state index is 13.9. The van der Waals surface area contributed by atoms with Gasteiger partial charge in [0, 0.05) is 5.02 Å². The fourth-order valence-corrected chi connectivity index (χ4v) is 6.55. The number of esters is 1. The highest BCUT2D eigenvalue weighted by molar-refractivity contribution is 14.1. The van der Waals surface area contributed by atoms with Crippen LogP contribution in [0.4, 0.5) is 0 Å². The molecule has 0 radical (unpaired) electrons. The molecule has 1 atom stereocenters. The molecule has 2 heterocycles. The molecule has 10 heteroatoms. The van der Waals surface area contributed by atoms with Crippen molar-refractivity contribution in [2.45, 2.75) is 26.5 Å². The Balaban J connectivity index is 1.58. The Kier molecular flexibility index (Phi) is 8.96. The van der Waals surface area contributed by atoms with Gasteiger partial charge in [-0.2, -0.15) is 0 Å². The summed E-state index contributed by atoms with van der Waals surface area (Å²) in [5.41, 5.74) is 3.12. The van der Waals surface area contributed by atoms with E-state index in [4.69, 9.17) is 25.8 Å². The minimum Gasteiger partial charge on any atom is -0.493 e. The molecule has 0 spiro atoms. The molecule has 0 amide bonds. The van der Waals surface area contributed by atoms with Gasteiger partial charge in [-0.05, 0) is 83.5 Å². The second-order valence-electron chi connectivity index (χ2n) is 9.16. The Hall–Kier alpha value is -3.41. The third-order valence-corrected chi connectivity index (χ3v) is 8.51. The minimum absolute atomic E-state index is 0.207. The quantitative estimate of drug-likeness (QED) is 0.176. The van der Waals surface area contributed by atoms with Crippen molar-refractivity contribution in [2.24, 2.45) is 4.99 Å². The number of benzene rings is 3. The molecule has 1 aliphatic rings. The summed E-state index contributed by atoms with van der Waals surface area (Å²) >= 11 is 9.61. The van der Waals surface area contributed by atoms with Crippen LogP contribution in [0.5, 0.6) is 11.5 Å². The van der Waals surface area contributed by atoms with E-state index in [-0.39, 0.29) is 12.2 Å². The van der Waals surface area contributed by atoms with E-state index in [9.17, 15) is 9.59 Å². The Morgan fingerprint density at radius 2 is 1.88 bits per heavy atom. The van der Waals surface area contributed by atoms with Crippen molar-refractivity contribution in [1.82, 2.24) is 4.57 Å². The molecular formula is C31H26ClIN2O5S. The van der Waals surface area contributed by atoms with Crippen LogP contribution in [0.1, 0.15) is 36.6 Å². The summed E-state index contributed by atoms with van der Waals surface area (Å²) in [6.45, 7) is 4.11. The highest BCUT2D eigenvalue weighted by atomic mass is 127. The Morgan fingerprint density at radius 3 is 2.56 bits per heavy atom. The van der Waals surface area contributed by atoms with Gasteiger partial charge in [0.25, 0.3) is 5.56 Å². The van der Waals surface area contributed by atoms with Gasteiger partial charge in [-0.1, -0.05) is 65.4 Å². The van der Waals surface area contributed by atoms with Crippen LogP contribution in [0.3, 0.4) is 0 Å². The van der Waals surface area contributed by atoms with Crippen LogP contribution in [0, 0.1) is 3.57 Å². The van der Waals surface area contributed by atoms with Gasteiger partial charge < -0.3 is 14.2 Å². The lowest BCUT2D eigenvalue weighted by Gasteiger charge is -2.24. The number of nitrogens with zero attached hydrogens (tertiary/aromatic N) is 2. The Bertz CT molecular complexity index is 1810. The number of halogens is 2. The van der Waals surface area contributed by atoms with E-state index in [0.29, 0.717) is 43.7 Å². The Morgan fingerprint density at radius 1 is 1.15 bits per heavy atom. The standard InChI is InChI=1S/C31H26ClIN2O5S/c1-4-39-30(37)26-18(2)34-31-35(27(26)21-10-12-22(32)13-11-21)29(36)25(41-31)16-20-14-23(33)28(24(15-20)38-3)40-17-19-8-6-5-7-9-19/h5-16,27H,4,17H2,1-3H3/b25-16-/t27-/m0/s1. The van der Waals surface area contributed by atoms with E-state index < -0.39 is 12.0 Å². The molecule has 41 heavy (non-hydrogen) atoms. The monoisotopic (exact) mass is 700 g/mol. The first kappa shape index (κ1) is 29.1. The average molecular weight is 701 g/mol. The fraction of sp³-hybridized carbons (Fsp3) is 0.194. The second-order valence-corrected chi connectivity index (χ2v) is 11.8. The molecule has 0 aliphatic carbocycles. The number of hydrogen-bond acceptors (Lipinski definition) is 7. The molecule has 0 saturated heterocycles. The molecule has 0 bridgehead atoms. The number of hydrogen-bond donors (Lipinski definition) is 0. The minimum atomic E-state index is -0.701. The molecule has 0 N–H and O–H groups in total. The zero-order valence-corrected chi connectivity index (χ0v) is 26.2. The smallest absolute Gasteiger partial charge is 0.338 e. The predicted molar refractivity (Wildman–Crippen MR) is 168 cm³/mol. The summed E-state index contributed by atoms with van der Waals surface area (Å²) < 4.78 is 20.0. The summed E-state index contributed by atoms with van der Waals surface area (Å²) in [5.74, 6) is 0.688. The summed E-state index contributed by atoms with van der Waals surface area (Å²) in [7, 11) is 1.59. The lowest BCUT2D eigenvalue weighted by molar-refractivity contribution is -0.139. The zero-order valence-electron chi connectivity index (χ0n) is 22.5. The predicted octanol–water partition coefficient (Wildman–Crippen LogP) is 5.64. The normalized spacial score (nSPS) is 14.9. The molecule has 1 aliphatic heterocycles. The summed E-state index contributed by atoms with van der Waals surface area (Å²) in [6.07, 6.45) is 1.80. The number of methoxy groups -OCH3 is 1. The van der Waals surface area contributed by atoms with Gasteiger partial charge in [0.1, 0.15) is 6.61 Å². The third-order valence-electron chi connectivity index (χ3n) is 6.48. The summed E-state index contributed by atoms with van der Waals surface area (Å²) in [6, 6.07) is 20.1. The first-order valence-electron chi connectivity index (χ1n) is 12.8. The number of ether oxygens (including phenoxy) is 3. The van der Waals surface area contributed by atoms with Crippen LogP contribution in [0.25, 0.3) is 6.08 Å². The molecule has 0 unspecified atom stereocenters. The molecule has 210 valence electrons. The van der Waals surface area contributed by atoms with Crippen molar-refractivity contribution in [1.29, 1.82) is 0 Å². The first-order chi connectivity index (χ1) is 19.8. The number of thiazole rings is 1. The third kappa shape index (κ3) is 6.12. The van der Waals surface area contributed by atoms with Crippen LogP contribution in [-0.2, 0) is 16.1 Å². The number of fused-ring (bicyclic) bond motifs is 1. The van der Waals surface area contributed by atoms with E-state index in [1.165, 1.54) is 11.3 Å². The van der Waals surface area contributed by atoms with E-state index in [0.717, 1.165) is 20.3 Å².